The van der Waals surface area contributed by atoms with E-state index >= 15 is 0 Å². The van der Waals surface area contributed by atoms with Crippen molar-refractivity contribution in [1.29, 1.82) is 0 Å². The molecule has 1 N–H and O–H groups in total. The summed E-state index contributed by atoms with van der Waals surface area (Å²) in [5, 5.41) is 3.36. The second-order valence-corrected chi connectivity index (χ2v) is 6.65. The minimum atomic E-state index is -0.519. The summed E-state index contributed by atoms with van der Waals surface area (Å²) in [6.45, 7) is 1.82. The molecule has 0 radical (unpaired) electrons. The second-order valence-electron chi connectivity index (χ2n) is 6.21. The van der Waals surface area contributed by atoms with Crippen LogP contribution in [0.1, 0.15) is 22.8 Å². The van der Waals surface area contributed by atoms with E-state index in [2.05, 4.69) is 5.32 Å². The van der Waals surface area contributed by atoms with Crippen LogP contribution in [0.15, 0.2) is 72.8 Å². The minimum Gasteiger partial charge on any atom is -0.482 e. The average Bonchev–Trinajstić information content (AvgIpc) is 2.74. The number of hydrogen-bond donors (Lipinski definition) is 1. The van der Waals surface area contributed by atoms with Crippen molar-refractivity contribution in [2.45, 2.75) is 13.3 Å². The summed E-state index contributed by atoms with van der Waals surface area (Å²) in [6, 6.07) is 20.7. The van der Waals surface area contributed by atoms with Crippen LogP contribution in [0.5, 0.6) is 11.5 Å². The third kappa shape index (κ3) is 5.83. The van der Waals surface area contributed by atoms with Crippen molar-refractivity contribution in [2.24, 2.45) is 0 Å². The van der Waals surface area contributed by atoms with Gasteiger partial charge in [-0.3, -0.25) is 4.79 Å². The van der Waals surface area contributed by atoms with E-state index in [9.17, 15) is 9.59 Å². The molecule has 6 heteroatoms. The summed E-state index contributed by atoms with van der Waals surface area (Å²) < 4.78 is 10.8. The predicted octanol–water partition coefficient (Wildman–Crippen LogP) is 5.14. The standard InChI is InChI=1S/C23H20ClNO4/c1-2-16-5-3-4-6-21(16)28-15-22(26)29-20-13-7-17(8-14-20)23(27)25-19-11-9-18(24)10-12-19/h3-14H,2,15H2,1H3,(H,25,27). The highest BCUT2D eigenvalue weighted by Crippen LogP contribution is 2.19. The third-order valence-corrected chi connectivity index (χ3v) is 4.40. The molecule has 0 aliphatic rings. The molecule has 0 atom stereocenters. The Hall–Kier alpha value is -3.31. The molecule has 0 spiro atoms. The summed E-state index contributed by atoms with van der Waals surface area (Å²) >= 11 is 5.83. The molecule has 148 valence electrons. The number of nitrogens with one attached hydrogen (secondary N) is 1. The molecule has 0 aliphatic carbocycles. The minimum absolute atomic E-state index is 0.199. The first-order valence-corrected chi connectivity index (χ1v) is 9.51. The van der Waals surface area contributed by atoms with Gasteiger partial charge in [0.05, 0.1) is 0 Å². The maximum atomic E-state index is 12.3. The van der Waals surface area contributed by atoms with Crippen LogP contribution in [0, 0.1) is 0 Å². The quantitative estimate of drug-likeness (QED) is 0.433. The van der Waals surface area contributed by atoms with Gasteiger partial charge < -0.3 is 14.8 Å². The van der Waals surface area contributed by atoms with Crippen molar-refractivity contribution < 1.29 is 19.1 Å². The molecule has 3 aromatic rings. The number of carbonyl (C=O) groups excluding carboxylic acids is 2. The summed E-state index contributed by atoms with van der Waals surface area (Å²) in [7, 11) is 0. The first-order chi connectivity index (χ1) is 14.0. The molecule has 1 amide bonds. The van der Waals surface area contributed by atoms with E-state index in [-0.39, 0.29) is 12.5 Å². The van der Waals surface area contributed by atoms with Gasteiger partial charge in [-0.1, -0.05) is 36.7 Å². The number of rotatable bonds is 7. The maximum Gasteiger partial charge on any atom is 0.349 e. The van der Waals surface area contributed by atoms with Crippen LogP contribution in [0.3, 0.4) is 0 Å². The molecule has 3 aromatic carbocycles. The normalized spacial score (nSPS) is 10.3. The molecule has 0 fully saturated rings. The average molecular weight is 410 g/mol. The molecule has 29 heavy (non-hydrogen) atoms. The lowest BCUT2D eigenvalue weighted by molar-refractivity contribution is -0.136. The van der Waals surface area contributed by atoms with E-state index in [4.69, 9.17) is 21.1 Å². The number of amides is 1. The Balaban J connectivity index is 1.53. The molecule has 0 heterocycles. The van der Waals surface area contributed by atoms with Crippen LogP contribution in [0.2, 0.25) is 5.02 Å². The lowest BCUT2D eigenvalue weighted by Crippen LogP contribution is -2.18. The van der Waals surface area contributed by atoms with Crippen molar-refractivity contribution in [3.8, 4) is 11.5 Å². The van der Waals surface area contributed by atoms with Gasteiger partial charge in [-0.15, -0.1) is 0 Å². The van der Waals surface area contributed by atoms with Gasteiger partial charge in [0, 0.05) is 16.3 Å². The number of carbonyl (C=O) groups is 2. The van der Waals surface area contributed by atoms with Crippen LogP contribution in [0.25, 0.3) is 0 Å². The van der Waals surface area contributed by atoms with Gasteiger partial charge in [0.1, 0.15) is 11.5 Å². The molecule has 0 unspecified atom stereocenters. The molecular weight excluding hydrogens is 390 g/mol. The molecule has 0 aliphatic heterocycles. The lowest BCUT2D eigenvalue weighted by atomic mass is 10.1. The summed E-state index contributed by atoms with van der Waals surface area (Å²) in [5.41, 5.74) is 2.10. The Bertz CT molecular complexity index is 985. The van der Waals surface area contributed by atoms with E-state index in [0.29, 0.717) is 27.8 Å². The number of para-hydroxylation sites is 1. The number of benzene rings is 3. The zero-order valence-corrected chi connectivity index (χ0v) is 16.6. The zero-order chi connectivity index (χ0) is 20.6. The highest BCUT2D eigenvalue weighted by Gasteiger charge is 2.10. The van der Waals surface area contributed by atoms with E-state index in [1.807, 2.05) is 31.2 Å². The van der Waals surface area contributed by atoms with Gasteiger partial charge in [0.25, 0.3) is 5.91 Å². The first kappa shape index (κ1) is 20.4. The maximum absolute atomic E-state index is 12.3. The van der Waals surface area contributed by atoms with Gasteiger partial charge in [0.2, 0.25) is 0 Å². The summed E-state index contributed by atoms with van der Waals surface area (Å²) in [4.78, 5) is 24.3. The number of ether oxygens (including phenoxy) is 2. The van der Waals surface area contributed by atoms with Crippen molar-refractivity contribution in [1.82, 2.24) is 0 Å². The highest BCUT2D eigenvalue weighted by atomic mass is 35.5. The third-order valence-electron chi connectivity index (χ3n) is 4.15. The van der Waals surface area contributed by atoms with Crippen LogP contribution in [-0.4, -0.2) is 18.5 Å². The fourth-order valence-corrected chi connectivity index (χ4v) is 2.77. The second kappa shape index (κ2) is 9.75. The van der Waals surface area contributed by atoms with Crippen molar-refractivity contribution in [3.63, 3.8) is 0 Å². The number of esters is 1. The Morgan fingerprint density at radius 2 is 1.62 bits per heavy atom. The van der Waals surface area contributed by atoms with Gasteiger partial charge in [-0.2, -0.15) is 0 Å². The Labute approximate surface area is 174 Å². The summed E-state index contributed by atoms with van der Waals surface area (Å²) in [6.07, 6.45) is 0.810. The Kier molecular flexibility index (Phi) is 6.87. The Morgan fingerprint density at radius 1 is 0.931 bits per heavy atom. The van der Waals surface area contributed by atoms with Crippen LogP contribution < -0.4 is 14.8 Å². The van der Waals surface area contributed by atoms with E-state index < -0.39 is 5.97 Å². The molecule has 0 aromatic heterocycles. The molecule has 5 nitrogen and oxygen atoms in total. The predicted molar refractivity (Wildman–Crippen MR) is 113 cm³/mol. The van der Waals surface area contributed by atoms with Crippen molar-refractivity contribution in [2.75, 3.05) is 11.9 Å². The Morgan fingerprint density at radius 3 is 2.31 bits per heavy atom. The lowest BCUT2D eigenvalue weighted by Gasteiger charge is -2.10. The van der Waals surface area contributed by atoms with Crippen molar-refractivity contribution in [3.05, 3.63) is 88.9 Å². The van der Waals surface area contributed by atoms with E-state index in [0.717, 1.165) is 12.0 Å². The van der Waals surface area contributed by atoms with Gasteiger partial charge in [-0.25, -0.2) is 4.79 Å². The van der Waals surface area contributed by atoms with Crippen LogP contribution >= 0.6 is 11.6 Å². The van der Waals surface area contributed by atoms with E-state index in [1.54, 1.807) is 48.5 Å². The number of anilines is 1. The number of halogens is 1. The monoisotopic (exact) mass is 409 g/mol. The molecular formula is C23H20ClNO4. The van der Waals surface area contributed by atoms with Crippen LogP contribution in [-0.2, 0) is 11.2 Å². The topological polar surface area (TPSA) is 64.6 Å². The van der Waals surface area contributed by atoms with Crippen LogP contribution in [0.4, 0.5) is 5.69 Å². The van der Waals surface area contributed by atoms with Crippen molar-refractivity contribution >= 4 is 29.2 Å². The molecule has 0 bridgehead atoms. The summed E-state index contributed by atoms with van der Waals surface area (Å²) in [5.74, 6) is 0.213. The highest BCUT2D eigenvalue weighted by molar-refractivity contribution is 6.30. The fourth-order valence-electron chi connectivity index (χ4n) is 2.65. The zero-order valence-electron chi connectivity index (χ0n) is 15.9. The van der Waals surface area contributed by atoms with Gasteiger partial charge >= 0.3 is 5.97 Å². The fraction of sp³-hybridized carbons (Fsp3) is 0.130. The SMILES string of the molecule is CCc1ccccc1OCC(=O)Oc1ccc(C(=O)Nc2ccc(Cl)cc2)cc1. The van der Waals surface area contributed by atoms with Gasteiger partial charge in [-0.05, 0) is 66.6 Å². The largest absolute Gasteiger partial charge is 0.482 e. The molecule has 3 rings (SSSR count). The first-order valence-electron chi connectivity index (χ1n) is 9.13. The van der Waals surface area contributed by atoms with Gasteiger partial charge in [0.15, 0.2) is 6.61 Å². The number of aryl methyl sites for hydroxylation is 1. The smallest absolute Gasteiger partial charge is 0.349 e. The number of hydrogen-bond acceptors (Lipinski definition) is 4. The molecule has 0 saturated heterocycles. The van der Waals surface area contributed by atoms with E-state index in [1.165, 1.54) is 0 Å². The molecule has 0 saturated carbocycles.